The monoisotopic (exact) mass is 203 g/mol. The van der Waals surface area contributed by atoms with Crippen molar-refractivity contribution in [3.05, 3.63) is 0 Å². The first kappa shape index (κ1) is 13.4. The van der Waals surface area contributed by atoms with Gasteiger partial charge in [-0.05, 0) is 17.9 Å². The second kappa shape index (κ2) is 5.98. The van der Waals surface area contributed by atoms with Gasteiger partial charge in [-0.2, -0.15) is 0 Å². The molecular weight excluding hydrogens is 182 g/mol. The molecule has 0 fully saturated rings. The molecule has 4 heteroatoms. The average molecular weight is 203 g/mol. The van der Waals surface area contributed by atoms with Crippen molar-refractivity contribution in [2.45, 2.75) is 27.2 Å². The Balaban J connectivity index is 3.70. The van der Waals surface area contributed by atoms with Gasteiger partial charge < -0.3 is 15.6 Å². The van der Waals surface area contributed by atoms with E-state index in [0.717, 1.165) is 0 Å². The molecule has 0 aliphatic heterocycles. The summed E-state index contributed by atoms with van der Waals surface area (Å²) >= 11 is 0. The van der Waals surface area contributed by atoms with Gasteiger partial charge in [0.25, 0.3) is 0 Å². The molecule has 0 saturated heterocycles. The maximum atomic E-state index is 10.5. The molecule has 0 radical (unpaired) electrons. The molecule has 0 aromatic carbocycles. The van der Waals surface area contributed by atoms with E-state index in [-0.39, 0.29) is 11.8 Å². The van der Waals surface area contributed by atoms with Crippen LogP contribution in [0.5, 0.6) is 0 Å². The zero-order valence-corrected chi connectivity index (χ0v) is 9.25. The highest BCUT2D eigenvalue weighted by Gasteiger charge is 2.22. The fourth-order valence-corrected chi connectivity index (χ4v) is 1.06. The Bertz CT molecular complexity index is 180. The van der Waals surface area contributed by atoms with Gasteiger partial charge in [0, 0.05) is 0 Å². The minimum atomic E-state index is -0.787. The standard InChI is InChI=1S/C10H21NO3/c1-8(5-11)6-14-7-10(2,3)4-9(12)13/h8H,4-7,11H2,1-3H3,(H,12,13). The molecule has 3 N–H and O–H groups in total. The van der Waals surface area contributed by atoms with Crippen molar-refractivity contribution < 1.29 is 14.6 Å². The number of rotatable bonds is 7. The fourth-order valence-electron chi connectivity index (χ4n) is 1.06. The van der Waals surface area contributed by atoms with E-state index in [0.29, 0.717) is 25.7 Å². The second-order valence-electron chi connectivity index (χ2n) is 4.59. The van der Waals surface area contributed by atoms with Crippen LogP contribution in [0.3, 0.4) is 0 Å². The number of carboxylic acids is 1. The smallest absolute Gasteiger partial charge is 0.303 e. The lowest BCUT2D eigenvalue weighted by molar-refractivity contribution is -0.140. The van der Waals surface area contributed by atoms with Crippen LogP contribution >= 0.6 is 0 Å². The van der Waals surface area contributed by atoms with Crippen molar-refractivity contribution in [1.29, 1.82) is 0 Å². The van der Waals surface area contributed by atoms with Crippen LogP contribution in [0.2, 0.25) is 0 Å². The summed E-state index contributed by atoms with van der Waals surface area (Å²) in [6, 6.07) is 0. The highest BCUT2D eigenvalue weighted by atomic mass is 16.5. The van der Waals surface area contributed by atoms with E-state index in [9.17, 15) is 4.79 Å². The number of carboxylic acid groups (broad SMARTS) is 1. The SMILES string of the molecule is CC(CN)COCC(C)(C)CC(=O)O. The number of ether oxygens (including phenoxy) is 1. The minimum absolute atomic E-state index is 0.129. The maximum absolute atomic E-state index is 10.5. The Kier molecular flexibility index (Phi) is 5.72. The van der Waals surface area contributed by atoms with Crippen molar-refractivity contribution in [2.24, 2.45) is 17.1 Å². The predicted octanol–water partition coefficient (Wildman–Crippen LogP) is 1.10. The van der Waals surface area contributed by atoms with Crippen LogP contribution < -0.4 is 5.73 Å². The zero-order valence-electron chi connectivity index (χ0n) is 9.25. The van der Waals surface area contributed by atoms with Crippen molar-refractivity contribution in [2.75, 3.05) is 19.8 Å². The molecule has 84 valence electrons. The molecule has 0 aromatic rings. The Hall–Kier alpha value is -0.610. The number of hydrogen-bond acceptors (Lipinski definition) is 3. The molecule has 0 aromatic heterocycles. The molecule has 0 spiro atoms. The minimum Gasteiger partial charge on any atom is -0.481 e. The maximum Gasteiger partial charge on any atom is 0.303 e. The molecule has 1 atom stereocenters. The first-order valence-electron chi connectivity index (χ1n) is 4.87. The zero-order chi connectivity index (χ0) is 11.2. The van der Waals surface area contributed by atoms with Gasteiger partial charge in [0.1, 0.15) is 0 Å². The Labute approximate surface area is 85.4 Å². The van der Waals surface area contributed by atoms with Crippen molar-refractivity contribution in [1.82, 2.24) is 0 Å². The molecule has 4 nitrogen and oxygen atoms in total. The molecule has 0 aliphatic rings. The van der Waals surface area contributed by atoms with Crippen LogP contribution in [0, 0.1) is 11.3 Å². The summed E-state index contributed by atoms with van der Waals surface area (Å²) in [6.07, 6.45) is 0.129. The van der Waals surface area contributed by atoms with Gasteiger partial charge in [-0.1, -0.05) is 20.8 Å². The van der Waals surface area contributed by atoms with Crippen LogP contribution in [0.1, 0.15) is 27.2 Å². The van der Waals surface area contributed by atoms with Crippen molar-refractivity contribution >= 4 is 5.97 Å². The Morgan fingerprint density at radius 1 is 1.57 bits per heavy atom. The van der Waals surface area contributed by atoms with Gasteiger partial charge >= 0.3 is 5.97 Å². The molecule has 0 heterocycles. The summed E-state index contributed by atoms with van der Waals surface area (Å²) in [6.45, 7) is 7.43. The average Bonchev–Trinajstić information content (AvgIpc) is 2.01. The van der Waals surface area contributed by atoms with E-state index in [1.165, 1.54) is 0 Å². The molecule has 0 saturated carbocycles. The second-order valence-corrected chi connectivity index (χ2v) is 4.59. The van der Waals surface area contributed by atoms with E-state index < -0.39 is 5.97 Å². The van der Waals surface area contributed by atoms with Crippen LogP contribution in [-0.2, 0) is 9.53 Å². The number of carbonyl (C=O) groups is 1. The molecular formula is C10H21NO3. The third-order valence-corrected chi connectivity index (χ3v) is 1.93. The number of hydrogen-bond donors (Lipinski definition) is 2. The summed E-state index contributed by atoms with van der Waals surface area (Å²) in [4.78, 5) is 10.5. The number of aliphatic carboxylic acids is 1. The Morgan fingerprint density at radius 3 is 2.57 bits per heavy atom. The lowest BCUT2D eigenvalue weighted by atomic mass is 9.90. The van der Waals surface area contributed by atoms with Crippen LogP contribution in [0.15, 0.2) is 0 Å². The van der Waals surface area contributed by atoms with Gasteiger partial charge in [0.05, 0.1) is 19.6 Å². The molecule has 1 unspecified atom stereocenters. The summed E-state index contributed by atoms with van der Waals surface area (Å²) in [5.74, 6) is -0.457. The highest BCUT2D eigenvalue weighted by Crippen LogP contribution is 2.20. The first-order chi connectivity index (χ1) is 6.37. The predicted molar refractivity (Wildman–Crippen MR) is 55.1 cm³/mol. The molecule has 0 rings (SSSR count). The quantitative estimate of drug-likeness (QED) is 0.650. The van der Waals surface area contributed by atoms with Gasteiger partial charge in [0.2, 0.25) is 0 Å². The lowest BCUT2D eigenvalue weighted by Crippen LogP contribution is -2.25. The van der Waals surface area contributed by atoms with Gasteiger partial charge in [0.15, 0.2) is 0 Å². The molecule has 14 heavy (non-hydrogen) atoms. The van der Waals surface area contributed by atoms with E-state index in [4.69, 9.17) is 15.6 Å². The van der Waals surface area contributed by atoms with Gasteiger partial charge in [-0.15, -0.1) is 0 Å². The third-order valence-electron chi connectivity index (χ3n) is 1.93. The van der Waals surface area contributed by atoms with Crippen molar-refractivity contribution in [3.8, 4) is 0 Å². The van der Waals surface area contributed by atoms with Gasteiger partial charge in [-0.3, -0.25) is 4.79 Å². The van der Waals surface area contributed by atoms with Crippen molar-refractivity contribution in [3.63, 3.8) is 0 Å². The largest absolute Gasteiger partial charge is 0.481 e. The number of nitrogens with two attached hydrogens (primary N) is 1. The highest BCUT2D eigenvalue weighted by molar-refractivity contribution is 5.67. The van der Waals surface area contributed by atoms with Crippen LogP contribution in [-0.4, -0.2) is 30.8 Å². The molecule has 0 bridgehead atoms. The third kappa shape index (κ3) is 6.86. The normalized spacial score (nSPS) is 14.0. The molecule has 0 amide bonds. The van der Waals surface area contributed by atoms with Gasteiger partial charge in [-0.25, -0.2) is 0 Å². The van der Waals surface area contributed by atoms with E-state index >= 15 is 0 Å². The summed E-state index contributed by atoms with van der Waals surface area (Å²) < 4.78 is 5.41. The molecule has 0 aliphatic carbocycles. The summed E-state index contributed by atoms with van der Waals surface area (Å²) in [7, 11) is 0. The van der Waals surface area contributed by atoms with E-state index in [2.05, 4.69) is 0 Å². The Morgan fingerprint density at radius 2 is 2.14 bits per heavy atom. The van der Waals surface area contributed by atoms with Crippen LogP contribution in [0.25, 0.3) is 0 Å². The van der Waals surface area contributed by atoms with E-state index in [1.807, 2.05) is 20.8 Å². The topological polar surface area (TPSA) is 72.5 Å². The fraction of sp³-hybridized carbons (Fsp3) is 0.900. The van der Waals surface area contributed by atoms with Crippen LogP contribution in [0.4, 0.5) is 0 Å². The van der Waals surface area contributed by atoms with E-state index in [1.54, 1.807) is 0 Å². The lowest BCUT2D eigenvalue weighted by Gasteiger charge is -2.23. The first-order valence-corrected chi connectivity index (χ1v) is 4.87. The summed E-state index contributed by atoms with van der Waals surface area (Å²) in [5, 5.41) is 8.63. The summed E-state index contributed by atoms with van der Waals surface area (Å²) in [5.41, 5.74) is 5.12.